The van der Waals surface area contributed by atoms with Crippen molar-refractivity contribution in [1.29, 1.82) is 0 Å². The van der Waals surface area contributed by atoms with Gasteiger partial charge in [-0.3, -0.25) is 0 Å². The van der Waals surface area contributed by atoms with Crippen LogP contribution in [0.2, 0.25) is 0 Å². The van der Waals surface area contributed by atoms with E-state index in [1.165, 1.54) is 8.66 Å². The Hall–Kier alpha value is 0.140. The highest BCUT2D eigenvalue weighted by Crippen LogP contribution is 2.32. The molecular formula is C10H16BrNS. The van der Waals surface area contributed by atoms with Crippen LogP contribution < -0.4 is 5.73 Å². The highest BCUT2D eigenvalue weighted by atomic mass is 79.9. The lowest BCUT2D eigenvalue weighted by Gasteiger charge is -2.22. The number of thiophene rings is 1. The summed E-state index contributed by atoms with van der Waals surface area (Å²) in [5.41, 5.74) is 5.90. The second-order valence-corrected chi connectivity index (χ2v) is 6.73. The molecule has 0 radical (unpaired) electrons. The standard InChI is InChI=1S/C10H16BrNS/c1-7(6-10(2,3)12)8-4-5-9(11)13-8/h4-5,7H,6,12H2,1-3H3. The molecule has 3 heteroatoms. The number of hydrogen-bond acceptors (Lipinski definition) is 2. The van der Waals surface area contributed by atoms with Crippen molar-refractivity contribution < 1.29 is 0 Å². The molecule has 0 saturated carbocycles. The molecule has 0 aliphatic heterocycles. The zero-order valence-electron chi connectivity index (χ0n) is 8.30. The summed E-state index contributed by atoms with van der Waals surface area (Å²) in [5, 5.41) is 0. The molecule has 0 saturated heterocycles. The first kappa shape index (κ1) is 11.2. The van der Waals surface area contributed by atoms with Gasteiger partial charge in [-0.15, -0.1) is 11.3 Å². The van der Waals surface area contributed by atoms with E-state index in [0.717, 1.165) is 6.42 Å². The number of halogens is 1. The first-order chi connectivity index (χ1) is 5.88. The second kappa shape index (κ2) is 4.11. The molecule has 0 spiro atoms. The Morgan fingerprint density at radius 1 is 1.54 bits per heavy atom. The van der Waals surface area contributed by atoms with Gasteiger partial charge < -0.3 is 5.73 Å². The van der Waals surface area contributed by atoms with E-state index in [9.17, 15) is 0 Å². The van der Waals surface area contributed by atoms with E-state index in [2.05, 4.69) is 48.8 Å². The third-order valence-corrected chi connectivity index (χ3v) is 3.77. The summed E-state index contributed by atoms with van der Waals surface area (Å²) in [6.07, 6.45) is 1.03. The minimum atomic E-state index is -0.0735. The Labute approximate surface area is 92.5 Å². The lowest BCUT2D eigenvalue weighted by Crippen LogP contribution is -2.33. The van der Waals surface area contributed by atoms with Gasteiger partial charge in [0.15, 0.2) is 0 Å². The number of nitrogens with two attached hydrogens (primary N) is 1. The molecule has 1 atom stereocenters. The van der Waals surface area contributed by atoms with Crippen LogP contribution in [0.25, 0.3) is 0 Å². The first-order valence-corrected chi connectivity index (χ1v) is 6.03. The fraction of sp³-hybridized carbons (Fsp3) is 0.600. The molecule has 0 fully saturated rings. The lowest BCUT2D eigenvalue weighted by molar-refractivity contribution is 0.440. The summed E-state index contributed by atoms with van der Waals surface area (Å²) < 4.78 is 1.20. The van der Waals surface area contributed by atoms with Gasteiger partial charge in [0.05, 0.1) is 3.79 Å². The van der Waals surface area contributed by atoms with E-state index in [4.69, 9.17) is 5.73 Å². The van der Waals surface area contributed by atoms with Crippen LogP contribution in [0.5, 0.6) is 0 Å². The van der Waals surface area contributed by atoms with E-state index in [0.29, 0.717) is 5.92 Å². The molecule has 1 unspecified atom stereocenters. The smallest absolute Gasteiger partial charge is 0.0701 e. The highest BCUT2D eigenvalue weighted by Gasteiger charge is 2.17. The van der Waals surface area contributed by atoms with Gasteiger partial charge in [-0.25, -0.2) is 0 Å². The van der Waals surface area contributed by atoms with Gasteiger partial charge >= 0.3 is 0 Å². The van der Waals surface area contributed by atoms with Crippen LogP contribution in [0.15, 0.2) is 15.9 Å². The van der Waals surface area contributed by atoms with Crippen LogP contribution in [0.4, 0.5) is 0 Å². The molecule has 0 aliphatic rings. The molecule has 0 aliphatic carbocycles. The second-order valence-electron chi connectivity index (χ2n) is 4.24. The average molecular weight is 262 g/mol. The van der Waals surface area contributed by atoms with Crippen LogP contribution in [-0.2, 0) is 0 Å². The fourth-order valence-corrected chi connectivity index (χ4v) is 2.96. The zero-order valence-corrected chi connectivity index (χ0v) is 10.7. The van der Waals surface area contributed by atoms with Crippen LogP contribution in [0.3, 0.4) is 0 Å². The Kier molecular flexibility index (Phi) is 3.55. The summed E-state index contributed by atoms with van der Waals surface area (Å²) in [6.45, 7) is 6.38. The molecule has 1 nitrogen and oxygen atoms in total. The molecule has 1 aromatic rings. The minimum absolute atomic E-state index is 0.0735. The molecule has 1 heterocycles. The van der Waals surface area contributed by atoms with Gasteiger partial charge in [0, 0.05) is 10.4 Å². The normalized spacial score (nSPS) is 14.5. The molecule has 2 N–H and O–H groups in total. The Morgan fingerprint density at radius 3 is 2.54 bits per heavy atom. The minimum Gasteiger partial charge on any atom is -0.326 e. The van der Waals surface area contributed by atoms with Crippen molar-refractivity contribution in [1.82, 2.24) is 0 Å². The van der Waals surface area contributed by atoms with Crippen molar-refractivity contribution in [3.8, 4) is 0 Å². The number of rotatable bonds is 3. The molecule has 0 bridgehead atoms. The SMILES string of the molecule is CC(CC(C)(C)N)c1ccc(Br)s1. The van der Waals surface area contributed by atoms with Crippen molar-refractivity contribution in [3.05, 3.63) is 20.8 Å². The summed E-state index contributed by atoms with van der Waals surface area (Å²) >= 11 is 5.26. The first-order valence-electron chi connectivity index (χ1n) is 4.42. The predicted molar refractivity (Wildman–Crippen MR) is 63.3 cm³/mol. The summed E-state index contributed by atoms with van der Waals surface area (Å²) in [5.74, 6) is 0.552. The maximum absolute atomic E-state index is 5.97. The quantitative estimate of drug-likeness (QED) is 0.882. The Balaban J connectivity index is 2.64. The third-order valence-electron chi connectivity index (χ3n) is 1.91. The predicted octanol–water partition coefficient (Wildman–Crippen LogP) is 3.74. The van der Waals surface area contributed by atoms with Crippen molar-refractivity contribution >= 4 is 27.3 Å². The maximum atomic E-state index is 5.97. The summed E-state index contributed by atoms with van der Waals surface area (Å²) in [4.78, 5) is 1.41. The van der Waals surface area contributed by atoms with Gasteiger partial charge in [0.1, 0.15) is 0 Å². The Bertz CT molecular complexity index is 275. The van der Waals surface area contributed by atoms with Gasteiger partial charge in [0.2, 0.25) is 0 Å². The Morgan fingerprint density at radius 2 is 2.15 bits per heavy atom. The topological polar surface area (TPSA) is 26.0 Å². The van der Waals surface area contributed by atoms with Crippen molar-refractivity contribution in [2.24, 2.45) is 5.73 Å². The van der Waals surface area contributed by atoms with Gasteiger partial charge in [-0.05, 0) is 54.2 Å². The van der Waals surface area contributed by atoms with Crippen LogP contribution >= 0.6 is 27.3 Å². The van der Waals surface area contributed by atoms with E-state index < -0.39 is 0 Å². The highest BCUT2D eigenvalue weighted by molar-refractivity contribution is 9.11. The molecule has 1 aromatic heterocycles. The molecule has 1 rings (SSSR count). The lowest BCUT2D eigenvalue weighted by atomic mass is 9.92. The molecule has 13 heavy (non-hydrogen) atoms. The van der Waals surface area contributed by atoms with Crippen molar-refractivity contribution in [2.45, 2.75) is 38.6 Å². The van der Waals surface area contributed by atoms with Crippen LogP contribution in [-0.4, -0.2) is 5.54 Å². The molecule has 0 amide bonds. The van der Waals surface area contributed by atoms with Gasteiger partial charge in [-0.2, -0.15) is 0 Å². The number of hydrogen-bond donors (Lipinski definition) is 1. The molecule has 74 valence electrons. The van der Waals surface area contributed by atoms with Crippen LogP contribution in [0, 0.1) is 0 Å². The monoisotopic (exact) mass is 261 g/mol. The van der Waals surface area contributed by atoms with Crippen molar-refractivity contribution in [2.75, 3.05) is 0 Å². The van der Waals surface area contributed by atoms with E-state index in [1.54, 1.807) is 11.3 Å². The maximum Gasteiger partial charge on any atom is 0.0701 e. The average Bonchev–Trinajstić information content (AvgIpc) is 2.31. The van der Waals surface area contributed by atoms with E-state index in [-0.39, 0.29) is 5.54 Å². The van der Waals surface area contributed by atoms with Gasteiger partial charge in [0.25, 0.3) is 0 Å². The molecular weight excluding hydrogens is 246 g/mol. The molecule has 0 aromatic carbocycles. The van der Waals surface area contributed by atoms with Gasteiger partial charge in [-0.1, -0.05) is 6.92 Å². The largest absolute Gasteiger partial charge is 0.326 e. The van der Waals surface area contributed by atoms with Crippen LogP contribution in [0.1, 0.15) is 38.0 Å². The van der Waals surface area contributed by atoms with Crippen molar-refractivity contribution in [3.63, 3.8) is 0 Å². The summed E-state index contributed by atoms with van der Waals surface area (Å²) in [7, 11) is 0. The van der Waals surface area contributed by atoms with E-state index >= 15 is 0 Å². The third kappa shape index (κ3) is 3.79. The zero-order chi connectivity index (χ0) is 10.1. The summed E-state index contributed by atoms with van der Waals surface area (Å²) in [6, 6.07) is 4.27. The van der Waals surface area contributed by atoms with E-state index in [1.807, 2.05) is 0 Å². The fourth-order valence-electron chi connectivity index (χ4n) is 1.48.